The van der Waals surface area contributed by atoms with Crippen LogP contribution in [0.2, 0.25) is 0 Å². The minimum atomic E-state index is 0.00219. The van der Waals surface area contributed by atoms with Gasteiger partial charge in [-0.2, -0.15) is 0 Å². The number of nitrogens with one attached hydrogen (secondary N) is 1. The fraction of sp³-hybridized carbons (Fsp3) is 1.00. The highest BCUT2D eigenvalue weighted by Crippen LogP contribution is 2.32. The minimum absolute atomic E-state index is 0.00219. The maximum Gasteiger partial charge on any atom is 0.0952 e. The Hall–Kier alpha value is -0.200. The van der Waals surface area contributed by atoms with Crippen molar-refractivity contribution < 1.29 is 14.2 Å². The molecule has 0 aromatic rings. The molecule has 0 aromatic carbocycles. The first-order valence-corrected chi connectivity index (χ1v) is 6.67. The summed E-state index contributed by atoms with van der Waals surface area (Å²) < 4.78 is 16.8. The Labute approximate surface area is 102 Å². The van der Waals surface area contributed by atoms with Gasteiger partial charge in [0.05, 0.1) is 25.4 Å². The first-order chi connectivity index (χ1) is 8.36. The summed E-state index contributed by atoms with van der Waals surface area (Å²) >= 11 is 0. The maximum absolute atomic E-state index is 5.94. The molecule has 5 nitrogen and oxygen atoms in total. The summed E-state index contributed by atoms with van der Waals surface area (Å²) in [7, 11) is 0. The Bertz CT molecular complexity index is 250. The molecule has 2 atom stereocenters. The van der Waals surface area contributed by atoms with Crippen molar-refractivity contribution in [2.24, 2.45) is 0 Å². The first kappa shape index (κ1) is 11.9. The van der Waals surface area contributed by atoms with Crippen molar-refractivity contribution in [3.05, 3.63) is 0 Å². The third-order valence-electron chi connectivity index (χ3n) is 3.94. The third kappa shape index (κ3) is 2.80. The van der Waals surface area contributed by atoms with Crippen molar-refractivity contribution in [3.63, 3.8) is 0 Å². The lowest BCUT2D eigenvalue weighted by atomic mass is 9.90. The summed E-state index contributed by atoms with van der Waals surface area (Å²) in [5.41, 5.74) is 3.63. The summed E-state index contributed by atoms with van der Waals surface area (Å²) in [6, 6.07) is 0.531. The molecule has 0 radical (unpaired) electrons. The number of nitrogens with zero attached hydrogens (tertiary/aromatic N) is 1. The van der Waals surface area contributed by atoms with Crippen LogP contribution < -0.4 is 5.43 Å². The first-order valence-electron chi connectivity index (χ1n) is 6.67. The van der Waals surface area contributed by atoms with Gasteiger partial charge in [-0.1, -0.05) is 0 Å². The van der Waals surface area contributed by atoms with Crippen molar-refractivity contribution in [3.8, 4) is 0 Å². The molecule has 98 valence electrons. The molecule has 3 aliphatic rings. The topological polar surface area (TPSA) is 43.0 Å². The summed E-state index contributed by atoms with van der Waals surface area (Å²) in [6.07, 6.45) is 3.22. The van der Waals surface area contributed by atoms with Gasteiger partial charge in [0.1, 0.15) is 0 Å². The molecule has 17 heavy (non-hydrogen) atoms. The quantitative estimate of drug-likeness (QED) is 0.747. The van der Waals surface area contributed by atoms with Gasteiger partial charge in [0, 0.05) is 38.8 Å². The molecule has 3 rings (SSSR count). The van der Waals surface area contributed by atoms with E-state index in [1.165, 1.54) is 0 Å². The van der Waals surface area contributed by atoms with Crippen LogP contribution in [0, 0.1) is 0 Å². The van der Waals surface area contributed by atoms with E-state index in [1.807, 2.05) is 0 Å². The summed E-state index contributed by atoms with van der Waals surface area (Å²) in [5.74, 6) is 0. The molecule has 2 unspecified atom stereocenters. The average molecular weight is 242 g/mol. The molecule has 0 aromatic heterocycles. The normalized spacial score (nSPS) is 39.9. The Morgan fingerprint density at radius 3 is 2.71 bits per heavy atom. The molecule has 3 saturated heterocycles. The summed E-state index contributed by atoms with van der Waals surface area (Å²) in [4.78, 5) is 0. The number of ether oxygens (including phenoxy) is 3. The molecular weight excluding hydrogens is 220 g/mol. The highest BCUT2D eigenvalue weighted by atomic mass is 16.6. The zero-order chi connectivity index (χ0) is 11.6. The van der Waals surface area contributed by atoms with Gasteiger partial charge in [0.25, 0.3) is 0 Å². The van der Waals surface area contributed by atoms with Gasteiger partial charge in [-0.25, -0.2) is 5.01 Å². The standard InChI is InChI=1S/C12H22N2O3/c1-5-17-12(2-6-16-10-12)9-11(1)13-14-3-7-15-8-4-14/h11,13H,1-10H2. The zero-order valence-corrected chi connectivity index (χ0v) is 10.3. The van der Waals surface area contributed by atoms with Crippen molar-refractivity contribution in [2.75, 3.05) is 46.1 Å². The highest BCUT2D eigenvalue weighted by molar-refractivity contribution is 4.92. The molecule has 0 bridgehead atoms. The highest BCUT2D eigenvalue weighted by Gasteiger charge is 2.41. The van der Waals surface area contributed by atoms with Crippen LogP contribution >= 0.6 is 0 Å². The lowest BCUT2D eigenvalue weighted by Crippen LogP contribution is -2.55. The van der Waals surface area contributed by atoms with E-state index >= 15 is 0 Å². The van der Waals surface area contributed by atoms with Crippen LogP contribution in [0.3, 0.4) is 0 Å². The van der Waals surface area contributed by atoms with Crippen molar-refractivity contribution in [2.45, 2.75) is 30.9 Å². The monoisotopic (exact) mass is 242 g/mol. The molecule has 1 N–H and O–H groups in total. The van der Waals surface area contributed by atoms with Crippen LogP contribution in [0.4, 0.5) is 0 Å². The van der Waals surface area contributed by atoms with Crippen molar-refractivity contribution in [1.82, 2.24) is 10.4 Å². The lowest BCUT2D eigenvalue weighted by molar-refractivity contribution is -0.102. The largest absolute Gasteiger partial charge is 0.379 e. The lowest BCUT2D eigenvalue weighted by Gasteiger charge is -2.40. The fourth-order valence-electron chi connectivity index (χ4n) is 2.95. The van der Waals surface area contributed by atoms with Crippen LogP contribution in [-0.2, 0) is 14.2 Å². The Morgan fingerprint density at radius 2 is 1.94 bits per heavy atom. The summed E-state index contributed by atoms with van der Waals surface area (Å²) in [5, 5.41) is 2.29. The van der Waals surface area contributed by atoms with E-state index in [-0.39, 0.29) is 5.60 Å². The van der Waals surface area contributed by atoms with E-state index in [0.29, 0.717) is 6.04 Å². The molecule has 3 fully saturated rings. The van der Waals surface area contributed by atoms with E-state index in [0.717, 1.165) is 65.4 Å². The van der Waals surface area contributed by atoms with Crippen LogP contribution in [0.15, 0.2) is 0 Å². The number of rotatable bonds is 2. The Morgan fingerprint density at radius 1 is 1.06 bits per heavy atom. The van der Waals surface area contributed by atoms with E-state index in [1.54, 1.807) is 0 Å². The molecule has 5 heteroatoms. The Balaban J connectivity index is 1.52. The second-order valence-corrected chi connectivity index (χ2v) is 5.25. The number of morpholine rings is 1. The smallest absolute Gasteiger partial charge is 0.0952 e. The second-order valence-electron chi connectivity index (χ2n) is 5.25. The SMILES string of the molecule is C1CN(NC2CCOC3(CCOC3)C2)CCO1. The number of hydrogen-bond donors (Lipinski definition) is 1. The fourth-order valence-corrected chi connectivity index (χ4v) is 2.95. The number of hydrogen-bond acceptors (Lipinski definition) is 5. The summed E-state index contributed by atoms with van der Waals surface area (Å²) in [6.45, 7) is 6.13. The molecule has 1 spiro atoms. The van der Waals surface area contributed by atoms with Gasteiger partial charge in [-0.15, -0.1) is 0 Å². The molecule has 0 saturated carbocycles. The van der Waals surface area contributed by atoms with Gasteiger partial charge in [0.15, 0.2) is 0 Å². The predicted molar refractivity (Wildman–Crippen MR) is 62.7 cm³/mol. The Kier molecular flexibility index (Phi) is 3.63. The zero-order valence-electron chi connectivity index (χ0n) is 10.3. The molecule has 3 aliphatic heterocycles. The van der Waals surface area contributed by atoms with E-state index in [4.69, 9.17) is 14.2 Å². The molecule has 3 heterocycles. The van der Waals surface area contributed by atoms with E-state index in [2.05, 4.69) is 10.4 Å². The van der Waals surface area contributed by atoms with Crippen molar-refractivity contribution >= 4 is 0 Å². The van der Waals surface area contributed by atoms with Crippen molar-refractivity contribution in [1.29, 1.82) is 0 Å². The minimum Gasteiger partial charge on any atom is -0.379 e. The molecule has 0 amide bonds. The predicted octanol–water partition coefficient (Wildman–Crippen LogP) is 0.161. The van der Waals surface area contributed by atoms with E-state index in [9.17, 15) is 0 Å². The van der Waals surface area contributed by atoms with Crippen LogP contribution in [0.1, 0.15) is 19.3 Å². The third-order valence-corrected chi connectivity index (χ3v) is 3.94. The van der Waals surface area contributed by atoms with Gasteiger partial charge in [-0.05, 0) is 12.8 Å². The molecule has 0 aliphatic carbocycles. The maximum atomic E-state index is 5.94. The van der Waals surface area contributed by atoms with E-state index < -0.39 is 0 Å². The van der Waals surface area contributed by atoms with Gasteiger partial charge >= 0.3 is 0 Å². The van der Waals surface area contributed by atoms with Crippen LogP contribution in [-0.4, -0.2) is 62.8 Å². The van der Waals surface area contributed by atoms with Crippen LogP contribution in [0.25, 0.3) is 0 Å². The van der Waals surface area contributed by atoms with Gasteiger partial charge in [-0.3, -0.25) is 5.43 Å². The molecular formula is C12H22N2O3. The second kappa shape index (κ2) is 5.20. The number of hydrazine groups is 1. The average Bonchev–Trinajstić information content (AvgIpc) is 2.79. The van der Waals surface area contributed by atoms with Crippen LogP contribution in [0.5, 0.6) is 0 Å². The van der Waals surface area contributed by atoms with Gasteiger partial charge < -0.3 is 14.2 Å². The van der Waals surface area contributed by atoms with Gasteiger partial charge in [0.2, 0.25) is 0 Å².